The van der Waals surface area contributed by atoms with E-state index in [2.05, 4.69) is 30.6 Å². The van der Waals surface area contributed by atoms with E-state index in [1.165, 1.54) is 12.4 Å². The van der Waals surface area contributed by atoms with Crippen molar-refractivity contribution in [2.24, 2.45) is 0 Å². The summed E-state index contributed by atoms with van der Waals surface area (Å²) in [6, 6.07) is 20.7. The van der Waals surface area contributed by atoms with Crippen LogP contribution in [0, 0.1) is 0 Å². The van der Waals surface area contributed by atoms with Crippen molar-refractivity contribution in [1.29, 1.82) is 0 Å². The van der Waals surface area contributed by atoms with E-state index < -0.39 is 0 Å². The standard InChI is InChI=1S/C21H15N7O/c29-19-10-9-18(26-27-19)14-5-4-6-15(11-14)25-20-17-12-24-28(21(17)23-13-22-20)16-7-2-1-3-8-16/h1-13H,(H,27,29)(H,22,23,25). The summed E-state index contributed by atoms with van der Waals surface area (Å²) in [6.45, 7) is 0. The van der Waals surface area contributed by atoms with Gasteiger partial charge >= 0.3 is 0 Å². The van der Waals surface area contributed by atoms with Crippen molar-refractivity contribution in [3.8, 4) is 16.9 Å². The lowest BCUT2D eigenvalue weighted by molar-refractivity contribution is 0.895. The molecule has 140 valence electrons. The van der Waals surface area contributed by atoms with Gasteiger partial charge in [-0.05, 0) is 30.3 Å². The highest BCUT2D eigenvalue weighted by molar-refractivity contribution is 5.89. The van der Waals surface area contributed by atoms with Crippen LogP contribution in [0.15, 0.2) is 84.0 Å². The molecule has 0 amide bonds. The number of para-hydroxylation sites is 1. The molecule has 0 fully saturated rings. The van der Waals surface area contributed by atoms with E-state index in [0.717, 1.165) is 22.3 Å². The number of benzene rings is 2. The van der Waals surface area contributed by atoms with Crippen molar-refractivity contribution in [3.05, 3.63) is 89.6 Å². The van der Waals surface area contributed by atoms with Crippen molar-refractivity contribution in [1.82, 2.24) is 29.9 Å². The molecule has 8 nitrogen and oxygen atoms in total. The van der Waals surface area contributed by atoms with Crippen molar-refractivity contribution >= 4 is 22.5 Å². The molecule has 0 aliphatic rings. The van der Waals surface area contributed by atoms with E-state index in [9.17, 15) is 4.79 Å². The average molecular weight is 381 g/mol. The van der Waals surface area contributed by atoms with E-state index >= 15 is 0 Å². The summed E-state index contributed by atoms with van der Waals surface area (Å²) < 4.78 is 1.78. The summed E-state index contributed by atoms with van der Waals surface area (Å²) in [7, 11) is 0. The fourth-order valence-electron chi connectivity index (χ4n) is 3.10. The fourth-order valence-corrected chi connectivity index (χ4v) is 3.10. The molecule has 29 heavy (non-hydrogen) atoms. The lowest BCUT2D eigenvalue weighted by atomic mass is 10.1. The maximum Gasteiger partial charge on any atom is 0.264 e. The number of rotatable bonds is 4. The van der Waals surface area contributed by atoms with Gasteiger partial charge in [-0.25, -0.2) is 19.7 Å². The Labute approximate surface area is 164 Å². The molecule has 3 aromatic heterocycles. The van der Waals surface area contributed by atoms with E-state index in [1.54, 1.807) is 16.9 Å². The van der Waals surface area contributed by atoms with Crippen LogP contribution in [0.2, 0.25) is 0 Å². The summed E-state index contributed by atoms with van der Waals surface area (Å²) in [6.07, 6.45) is 3.26. The quantitative estimate of drug-likeness (QED) is 0.495. The normalized spacial score (nSPS) is 10.9. The summed E-state index contributed by atoms with van der Waals surface area (Å²) >= 11 is 0. The lowest BCUT2D eigenvalue weighted by Gasteiger charge is -2.08. The van der Waals surface area contributed by atoms with Gasteiger partial charge in [-0.3, -0.25) is 4.79 Å². The number of aromatic nitrogens is 6. The number of nitrogens with one attached hydrogen (secondary N) is 2. The first-order valence-corrected chi connectivity index (χ1v) is 8.95. The zero-order chi connectivity index (χ0) is 19.6. The third-order valence-electron chi connectivity index (χ3n) is 4.47. The van der Waals surface area contributed by atoms with Crippen molar-refractivity contribution in [2.75, 3.05) is 5.32 Å². The molecule has 0 aliphatic heterocycles. The topological polar surface area (TPSA) is 101 Å². The Morgan fingerprint density at radius 2 is 1.83 bits per heavy atom. The van der Waals surface area contributed by atoms with E-state index in [1.807, 2.05) is 54.6 Å². The Morgan fingerprint density at radius 3 is 2.66 bits per heavy atom. The monoisotopic (exact) mass is 381 g/mol. The maximum atomic E-state index is 11.2. The third-order valence-corrected chi connectivity index (χ3v) is 4.47. The van der Waals surface area contributed by atoms with Crippen LogP contribution in [-0.4, -0.2) is 29.9 Å². The SMILES string of the molecule is O=c1ccc(-c2cccc(Nc3ncnc4c3cnn4-c3ccccc3)c2)n[nH]1. The molecule has 5 rings (SSSR count). The van der Waals surface area contributed by atoms with Gasteiger partial charge in [0.15, 0.2) is 5.65 Å². The van der Waals surface area contributed by atoms with Gasteiger partial charge in [-0.1, -0.05) is 30.3 Å². The van der Waals surface area contributed by atoms with Crippen LogP contribution in [0.4, 0.5) is 11.5 Å². The lowest BCUT2D eigenvalue weighted by Crippen LogP contribution is -2.05. The number of hydrogen-bond donors (Lipinski definition) is 2. The van der Waals surface area contributed by atoms with Crippen LogP contribution >= 0.6 is 0 Å². The number of H-pyrrole nitrogens is 1. The van der Waals surface area contributed by atoms with Gasteiger partial charge in [0.25, 0.3) is 5.56 Å². The van der Waals surface area contributed by atoms with Gasteiger partial charge in [0.1, 0.15) is 12.1 Å². The summed E-state index contributed by atoms with van der Waals surface area (Å²) in [5.74, 6) is 0.656. The fraction of sp³-hybridized carbons (Fsp3) is 0. The number of aromatic amines is 1. The second kappa shape index (κ2) is 7.01. The first-order valence-electron chi connectivity index (χ1n) is 8.95. The number of nitrogens with zero attached hydrogens (tertiary/aromatic N) is 5. The molecule has 0 spiro atoms. The minimum atomic E-state index is -0.234. The molecule has 0 radical (unpaired) electrons. The van der Waals surface area contributed by atoms with Gasteiger partial charge < -0.3 is 5.32 Å². The largest absolute Gasteiger partial charge is 0.339 e. The van der Waals surface area contributed by atoms with Crippen LogP contribution in [0.1, 0.15) is 0 Å². The molecule has 3 heterocycles. The van der Waals surface area contributed by atoms with Crippen LogP contribution in [0.5, 0.6) is 0 Å². The second-order valence-electron chi connectivity index (χ2n) is 6.36. The minimum Gasteiger partial charge on any atom is -0.339 e. The number of anilines is 2. The first-order chi connectivity index (χ1) is 14.3. The summed E-state index contributed by atoms with van der Waals surface area (Å²) in [5, 5.41) is 15.1. The molecule has 0 unspecified atom stereocenters. The smallest absolute Gasteiger partial charge is 0.264 e. The molecule has 0 saturated carbocycles. The van der Waals surface area contributed by atoms with Gasteiger partial charge in [-0.2, -0.15) is 10.2 Å². The Morgan fingerprint density at radius 1 is 0.931 bits per heavy atom. The van der Waals surface area contributed by atoms with Crippen molar-refractivity contribution in [3.63, 3.8) is 0 Å². The van der Waals surface area contributed by atoms with Crippen LogP contribution in [-0.2, 0) is 0 Å². The second-order valence-corrected chi connectivity index (χ2v) is 6.36. The van der Waals surface area contributed by atoms with Crippen LogP contribution in [0.3, 0.4) is 0 Å². The first kappa shape index (κ1) is 16.8. The highest BCUT2D eigenvalue weighted by Gasteiger charge is 2.11. The Bertz CT molecular complexity index is 1340. The molecule has 0 bridgehead atoms. The molecule has 0 saturated heterocycles. The van der Waals surface area contributed by atoms with E-state index in [-0.39, 0.29) is 5.56 Å². The molecule has 2 aromatic carbocycles. The number of hydrogen-bond acceptors (Lipinski definition) is 6. The van der Waals surface area contributed by atoms with Crippen molar-refractivity contribution < 1.29 is 0 Å². The molecular formula is C21H15N7O. The zero-order valence-corrected chi connectivity index (χ0v) is 15.1. The Kier molecular flexibility index (Phi) is 4.06. The van der Waals surface area contributed by atoms with Gasteiger partial charge in [-0.15, -0.1) is 0 Å². The molecule has 8 heteroatoms. The maximum absolute atomic E-state index is 11.2. The van der Waals surface area contributed by atoms with Gasteiger partial charge in [0, 0.05) is 17.3 Å². The zero-order valence-electron chi connectivity index (χ0n) is 15.1. The predicted molar refractivity (Wildman–Crippen MR) is 110 cm³/mol. The van der Waals surface area contributed by atoms with Gasteiger partial charge in [0.2, 0.25) is 0 Å². The molecule has 0 aliphatic carbocycles. The summed E-state index contributed by atoms with van der Waals surface area (Å²) in [4.78, 5) is 20.0. The number of fused-ring (bicyclic) bond motifs is 1. The van der Waals surface area contributed by atoms with Crippen LogP contribution < -0.4 is 10.9 Å². The molecular weight excluding hydrogens is 366 g/mol. The average Bonchev–Trinajstić information content (AvgIpc) is 3.20. The predicted octanol–water partition coefficient (Wildman–Crippen LogP) is 3.31. The minimum absolute atomic E-state index is 0.234. The Balaban J connectivity index is 1.51. The molecule has 2 N–H and O–H groups in total. The molecule has 5 aromatic rings. The van der Waals surface area contributed by atoms with Crippen LogP contribution in [0.25, 0.3) is 28.0 Å². The molecule has 0 atom stereocenters. The van der Waals surface area contributed by atoms with Gasteiger partial charge in [0.05, 0.1) is 23.0 Å². The van der Waals surface area contributed by atoms with E-state index in [4.69, 9.17) is 0 Å². The Hall–Kier alpha value is -4.33. The highest BCUT2D eigenvalue weighted by Crippen LogP contribution is 2.26. The highest BCUT2D eigenvalue weighted by atomic mass is 16.1. The summed E-state index contributed by atoms with van der Waals surface area (Å²) in [5.41, 5.74) is 3.80. The van der Waals surface area contributed by atoms with E-state index in [0.29, 0.717) is 17.2 Å². The van der Waals surface area contributed by atoms with Crippen molar-refractivity contribution in [2.45, 2.75) is 0 Å². The third kappa shape index (κ3) is 3.23.